The van der Waals surface area contributed by atoms with Crippen LogP contribution in [0.15, 0.2) is 66.7 Å². The standard InChI is InChI=1S/C28H29N3O3/c1-18-10-8-14-25(20(18)3)31-17-22(15-26(31)32)27(33)30-24-13-7-6-12-23(24)28(34)29-16-21-11-5-4-9-19(21)2/h4-14,22H,15-17H2,1-3H3,(H,29,34)(H,30,33)/t22-/m1/s1. The van der Waals surface area contributed by atoms with Crippen molar-refractivity contribution in [3.8, 4) is 0 Å². The van der Waals surface area contributed by atoms with Crippen LogP contribution in [0.2, 0.25) is 0 Å². The molecule has 1 saturated heterocycles. The average Bonchev–Trinajstić information content (AvgIpc) is 3.22. The number of nitrogens with one attached hydrogen (secondary N) is 2. The van der Waals surface area contributed by atoms with Crippen LogP contribution >= 0.6 is 0 Å². The number of para-hydroxylation sites is 1. The van der Waals surface area contributed by atoms with Crippen LogP contribution < -0.4 is 15.5 Å². The molecular formula is C28H29N3O3. The molecule has 3 aromatic carbocycles. The Kier molecular flexibility index (Phi) is 6.77. The molecule has 0 radical (unpaired) electrons. The molecule has 3 amide bonds. The second-order valence-electron chi connectivity index (χ2n) is 8.77. The number of hydrogen-bond acceptors (Lipinski definition) is 3. The van der Waals surface area contributed by atoms with E-state index in [0.717, 1.165) is 27.9 Å². The monoisotopic (exact) mass is 455 g/mol. The largest absolute Gasteiger partial charge is 0.348 e. The molecule has 174 valence electrons. The quantitative estimate of drug-likeness (QED) is 0.573. The molecule has 3 aromatic rings. The fraction of sp³-hybridized carbons (Fsp3) is 0.250. The van der Waals surface area contributed by atoms with Crippen molar-refractivity contribution >= 4 is 29.1 Å². The molecule has 1 aliphatic heterocycles. The highest BCUT2D eigenvalue weighted by Crippen LogP contribution is 2.30. The number of rotatable bonds is 6. The Bertz CT molecular complexity index is 1250. The van der Waals surface area contributed by atoms with Gasteiger partial charge in [0, 0.05) is 25.2 Å². The highest BCUT2D eigenvalue weighted by atomic mass is 16.2. The van der Waals surface area contributed by atoms with Gasteiger partial charge in [-0.05, 0) is 61.2 Å². The van der Waals surface area contributed by atoms with E-state index in [-0.39, 0.29) is 24.1 Å². The third-order valence-electron chi connectivity index (χ3n) is 6.49. The SMILES string of the molecule is Cc1ccccc1CNC(=O)c1ccccc1NC(=O)[C@@H]1CC(=O)N(c2cccc(C)c2C)C1. The molecule has 0 unspecified atom stereocenters. The Balaban J connectivity index is 1.45. The zero-order valence-corrected chi connectivity index (χ0v) is 19.7. The Morgan fingerprint density at radius 2 is 1.62 bits per heavy atom. The van der Waals surface area contributed by atoms with Crippen molar-refractivity contribution in [2.75, 3.05) is 16.8 Å². The highest BCUT2D eigenvalue weighted by Gasteiger charge is 2.36. The molecule has 1 atom stereocenters. The first-order chi connectivity index (χ1) is 16.3. The predicted octanol–water partition coefficient (Wildman–Crippen LogP) is 4.53. The molecule has 34 heavy (non-hydrogen) atoms. The maximum atomic E-state index is 13.1. The van der Waals surface area contributed by atoms with Gasteiger partial charge in [0.1, 0.15) is 0 Å². The van der Waals surface area contributed by atoms with Crippen molar-refractivity contribution in [3.05, 3.63) is 94.5 Å². The summed E-state index contributed by atoms with van der Waals surface area (Å²) in [5.41, 5.74) is 5.94. The van der Waals surface area contributed by atoms with Gasteiger partial charge in [0.05, 0.1) is 17.2 Å². The van der Waals surface area contributed by atoms with Gasteiger partial charge in [-0.2, -0.15) is 0 Å². The molecule has 0 spiro atoms. The molecule has 4 rings (SSSR count). The van der Waals surface area contributed by atoms with Gasteiger partial charge >= 0.3 is 0 Å². The summed E-state index contributed by atoms with van der Waals surface area (Å²) in [5.74, 6) is -1.09. The minimum absolute atomic E-state index is 0.0712. The van der Waals surface area contributed by atoms with Gasteiger partial charge in [-0.25, -0.2) is 0 Å². The minimum atomic E-state index is -0.490. The van der Waals surface area contributed by atoms with Crippen LogP contribution in [0.25, 0.3) is 0 Å². The number of benzene rings is 3. The van der Waals surface area contributed by atoms with Crippen molar-refractivity contribution in [1.82, 2.24) is 5.32 Å². The smallest absolute Gasteiger partial charge is 0.253 e. The number of carbonyl (C=O) groups is 3. The highest BCUT2D eigenvalue weighted by molar-refractivity contribution is 6.07. The molecule has 0 aromatic heterocycles. The van der Waals surface area contributed by atoms with Crippen molar-refractivity contribution < 1.29 is 14.4 Å². The molecule has 1 fully saturated rings. The Morgan fingerprint density at radius 1 is 0.912 bits per heavy atom. The van der Waals surface area contributed by atoms with Crippen LogP contribution in [0.4, 0.5) is 11.4 Å². The lowest BCUT2D eigenvalue weighted by Crippen LogP contribution is -2.30. The van der Waals surface area contributed by atoms with E-state index in [2.05, 4.69) is 10.6 Å². The number of aryl methyl sites for hydroxylation is 2. The van der Waals surface area contributed by atoms with Crippen molar-refractivity contribution in [2.45, 2.75) is 33.7 Å². The lowest BCUT2D eigenvalue weighted by Gasteiger charge is -2.20. The number of amides is 3. The summed E-state index contributed by atoms with van der Waals surface area (Å²) >= 11 is 0. The fourth-order valence-electron chi connectivity index (χ4n) is 4.25. The van der Waals surface area contributed by atoms with E-state index in [0.29, 0.717) is 24.3 Å². The number of carbonyl (C=O) groups excluding carboxylic acids is 3. The Labute approximate surface area is 200 Å². The zero-order chi connectivity index (χ0) is 24.2. The van der Waals surface area contributed by atoms with Gasteiger partial charge in [-0.1, -0.05) is 48.5 Å². The van der Waals surface area contributed by atoms with E-state index < -0.39 is 5.92 Å². The first-order valence-electron chi connectivity index (χ1n) is 11.4. The van der Waals surface area contributed by atoms with E-state index in [4.69, 9.17) is 0 Å². The van der Waals surface area contributed by atoms with Crippen LogP contribution in [0, 0.1) is 26.7 Å². The van der Waals surface area contributed by atoms with Crippen LogP contribution in [0.3, 0.4) is 0 Å². The van der Waals surface area contributed by atoms with Crippen LogP contribution in [-0.4, -0.2) is 24.3 Å². The van der Waals surface area contributed by atoms with Crippen LogP contribution in [0.5, 0.6) is 0 Å². The third kappa shape index (κ3) is 4.86. The van der Waals surface area contributed by atoms with Gasteiger partial charge < -0.3 is 15.5 Å². The molecule has 6 heteroatoms. The number of nitrogens with zero attached hydrogens (tertiary/aromatic N) is 1. The first kappa shape index (κ1) is 23.2. The normalized spacial score (nSPS) is 15.3. The second-order valence-corrected chi connectivity index (χ2v) is 8.77. The van der Waals surface area contributed by atoms with Crippen molar-refractivity contribution in [1.29, 1.82) is 0 Å². The topological polar surface area (TPSA) is 78.5 Å². The minimum Gasteiger partial charge on any atom is -0.348 e. The van der Waals surface area contributed by atoms with Gasteiger partial charge in [0.2, 0.25) is 11.8 Å². The maximum absolute atomic E-state index is 13.1. The van der Waals surface area contributed by atoms with Crippen LogP contribution in [-0.2, 0) is 16.1 Å². The molecule has 1 heterocycles. The van der Waals surface area contributed by atoms with E-state index in [1.54, 1.807) is 29.2 Å². The van der Waals surface area contributed by atoms with Crippen LogP contribution in [0.1, 0.15) is 39.0 Å². The molecule has 1 aliphatic rings. The maximum Gasteiger partial charge on any atom is 0.253 e. The lowest BCUT2D eigenvalue weighted by molar-refractivity contribution is -0.122. The van der Waals surface area contributed by atoms with E-state index >= 15 is 0 Å². The molecular weight excluding hydrogens is 426 g/mol. The lowest BCUT2D eigenvalue weighted by atomic mass is 10.1. The summed E-state index contributed by atoms with van der Waals surface area (Å²) in [7, 11) is 0. The van der Waals surface area contributed by atoms with E-state index in [1.165, 1.54) is 0 Å². The van der Waals surface area contributed by atoms with Crippen molar-refractivity contribution in [3.63, 3.8) is 0 Å². The summed E-state index contributed by atoms with van der Waals surface area (Å²) < 4.78 is 0. The molecule has 6 nitrogen and oxygen atoms in total. The summed E-state index contributed by atoms with van der Waals surface area (Å²) in [6.45, 7) is 6.70. The summed E-state index contributed by atoms with van der Waals surface area (Å²) in [6, 6.07) is 20.6. The summed E-state index contributed by atoms with van der Waals surface area (Å²) in [4.78, 5) is 40.4. The Morgan fingerprint density at radius 3 is 2.41 bits per heavy atom. The number of hydrogen-bond donors (Lipinski definition) is 2. The number of anilines is 2. The zero-order valence-electron chi connectivity index (χ0n) is 19.7. The van der Waals surface area contributed by atoms with Gasteiger partial charge in [-0.3, -0.25) is 14.4 Å². The van der Waals surface area contributed by atoms with Gasteiger partial charge in [0.15, 0.2) is 0 Å². The molecule has 2 N–H and O–H groups in total. The fourth-order valence-corrected chi connectivity index (χ4v) is 4.25. The third-order valence-corrected chi connectivity index (χ3v) is 6.49. The summed E-state index contributed by atoms with van der Waals surface area (Å²) in [5, 5.41) is 5.82. The summed E-state index contributed by atoms with van der Waals surface area (Å²) in [6.07, 6.45) is 0.140. The molecule has 0 bridgehead atoms. The molecule has 0 aliphatic carbocycles. The first-order valence-corrected chi connectivity index (χ1v) is 11.4. The van der Waals surface area contributed by atoms with E-state index in [1.807, 2.05) is 63.2 Å². The second kappa shape index (κ2) is 9.91. The van der Waals surface area contributed by atoms with Crippen molar-refractivity contribution in [2.24, 2.45) is 5.92 Å². The average molecular weight is 456 g/mol. The van der Waals surface area contributed by atoms with Gasteiger partial charge in [0.25, 0.3) is 5.91 Å². The molecule has 0 saturated carbocycles. The van der Waals surface area contributed by atoms with Gasteiger partial charge in [-0.15, -0.1) is 0 Å². The van der Waals surface area contributed by atoms with E-state index in [9.17, 15) is 14.4 Å². The Hall–Kier alpha value is -3.93. The predicted molar refractivity (Wildman–Crippen MR) is 134 cm³/mol.